The second-order valence-electron chi connectivity index (χ2n) is 9.70. The molecule has 1 aliphatic rings. The van der Waals surface area contributed by atoms with Crippen LogP contribution in [-0.4, -0.2) is 48.7 Å². The number of carbonyl (C=O) groups excluding carboxylic acids is 1. The van der Waals surface area contributed by atoms with Gasteiger partial charge in [0.1, 0.15) is 24.2 Å². The van der Waals surface area contributed by atoms with E-state index in [9.17, 15) is 4.79 Å². The van der Waals surface area contributed by atoms with Crippen LogP contribution in [-0.2, 0) is 0 Å². The Bertz CT molecular complexity index is 1240. The Hall–Kier alpha value is -3.78. The van der Waals surface area contributed by atoms with Crippen molar-refractivity contribution in [3.63, 3.8) is 0 Å². The Labute approximate surface area is 227 Å². The van der Waals surface area contributed by atoms with Gasteiger partial charge in [-0.2, -0.15) is 0 Å². The molecule has 0 aliphatic carbocycles. The van der Waals surface area contributed by atoms with Crippen molar-refractivity contribution in [2.75, 3.05) is 32.0 Å². The van der Waals surface area contributed by atoms with Crippen molar-refractivity contribution in [1.82, 2.24) is 4.90 Å². The van der Waals surface area contributed by atoms with Crippen molar-refractivity contribution >= 4 is 17.2 Å². The number of anilines is 1. The topological polar surface area (TPSA) is 141 Å². The van der Waals surface area contributed by atoms with Gasteiger partial charge in [-0.05, 0) is 94.9 Å². The normalized spacial score (nSPS) is 16.9. The van der Waals surface area contributed by atoms with E-state index in [1.165, 1.54) is 6.20 Å². The Kier molecular flexibility index (Phi) is 9.96. The van der Waals surface area contributed by atoms with E-state index in [1.807, 2.05) is 20.8 Å². The molecule has 8 nitrogen and oxygen atoms in total. The van der Waals surface area contributed by atoms with Gasteiger partial charge >= 0.3 is 0 Å². The molecule has 0 unspecified atom stereocenters. The summed E-state index contributed by atoms with van der Waals surface area (Å²) in [5, 5.41) is 8.94. The zero-order valence-electron chi connectivity index (χ0n) is 23.0. The standard InChI is InChI=1S/C30H41N5O3.H2/c1-5-35-13-7-6-8-27(36)25-16-22(9-12-28(25)37-15-14-35)30(34)24-17-23(10-11-26(24)33)38-21(4)29(20(3)32)19(2)18-31;/h9-12,16-18,21,34H,5-8,13-15,31-33H2,1-4H3;1H/b19-18-,29-20+,34-30?;/t21-;/m1./s1. The zero-order chi connectivity index (χ0) is 27.8. The van der Waals surface area contributed by atoms with Crippen LogP contribution in [0.15, 0.2) is 59.4 Å². The van der Waals surface area contributed by atoms with Crippen molar-refractivity contribution in [3.05, 3.63) is 76.1 Å². The molecule has 0 spiro atoms. The highest BCUT2D eigenvalue weighted by molar-refractivity contribution is 6.15. The fourth-order valence-electron chi connectivity index (χ4n) is 4.78. The molecule has 0 radical (unpaired) electrons. The number of allylic oxidation sites excluding steroid dienone is 1. The maximum Gasteiger partial charge on any atom is 0.166 e. The molecule has 206 valence electrons. The molecule has 1 atom stereocenters. The minimum Gasteiger partial charge on any atom is -0.491 e. The fourth-order valence-corrected chi connectivity index (χ4v) is 4.78. The van der Waals surface area contributed by atoms with E-state index in [0.29, 0.717) is 52.6 Å². The second kappa shape index (κ2) is 13.1. The molecule has 0 amide bonds. The molecule has 2 aromatic carbocycles. The largest absolute Gasteiger partial charge is 0.491 e. The molecule has 8 heteroatoms. The number of nitrogens with one attached hydrogen (secondary N) is 1. The maximum absolute atomic E-state index is 13.1. The van der Waals surface area contributed by atoms with Crippen LogP contribution >= 0.6 is 0 Å². The number of hydrogen-bond acceptors (Lipinski definition) is 8. The summed E-state index contributed by atoms with van der Waals surface area (Å²) in [5.41, 5.74) is 22.6. The summed E-state index contributed by atoms with van der Waals surface area (Å²) in [7, 11) is 0. The molecule has 0 saturated carbocycles. The molecule has 1 heterocycles. The first-order valence-electron chi connectivity index (χ1n) is 13.2. The predicted octanol–water partition coefficient (Wildman–Crippen LogP) is 4.86. The lowest BCUT2D eigenvalue weighted by atomic mass is 9.96. The Morgan fingerprint density at radius 1 is 1.21 bits per heavy atom. The summed E-state index contributed by atoms with van der Waals surface area (Å²) in [6.07, 6.45) is 3.37. The first kappa shape index (κ1) is 28.8. The van der Waals surface area contributed by atoms with Crippen molar-refractivity contribution in [3.8, 4) is 11.5 Å². The number of nitrogens with two attached hydrogens (primary N) is 3. The highest BCUT2D eigenvalue weighted by Gasteiger charge is 2.20. The predicted molar refractivity (Wildman–Crippen MR) is 156 cm³/mol. The molecule has 1 aliphatic heterocycles. The Morgan fingerprint density at radius 3 is 2.66 bits per heavy atom. The number of ketones is 1. The van der Waals surface area contributed by atoms with Gasteiger partial charge in [-0.25, -0.2) is 0 Å². The van der Waals surface area contributed by atoms with E-state index < -0.39 is 0 Å². The smallest absolute Gasteiger partial charge is 0.166 e. The van der Waals surface area contributed by atoms with Gasteiger partial charge < -0.3 is 31.6 Å². The molecular weight excluding hydrogens is 478 g/mol. The van der Waals surface area contributed by atoms with Crippen molar-refractivity contribution in [1.29, 1.82) is 5.41 Å². The van der Waals surface area contributed by atoms with Crippen LogP contribution in [0.5, 0.6) is 11.5 Å². The third kappa shape index (κ3) is 6.95. The number of benzene rings is 2. The third-order valence-electron chi connectivity index (χ3n) is 6.92. The average molecular weight is 522 g/mol. The first-order valence-corrected chi connectivity index (χ1v) is 13.2. The van der Waals surface area contributed by atoms with Gasteiger partial charge in [0.2, 0.25) is 0 Å². The van der Waals surface area contributed by atoms with Crippen molar-refractivity contribution in [2.45, 2.75) is 53.1 Å². The summed E-state index contributed by atoms with van der Waals surface area (Å²) < 4.78 is 12.2. The molecule has 0 fully saturated rings. The molecule has 3 rings (SSSR count). The Morgan fingerprint density at radius 2 is 1.97 bits per heavy atom. The molecule has 38 heavy (non-hydrogen) atoms. The number of likely N-dealkylation sites (N-methyl/N-ethyl adjacent to an activating group) is 1. The van der Waals surface area contributed by atoms with Crippen LogP contribution < -0.4 is 26.7 Å². The van der Waals surface area contributed by atoms with Gasteiger partial charge in [0.25, 0.3) is 0 Å². The summed E-state index contributed by atoms with van der Waals surface area (Å²) in [6, 6.07) is 10.6. The fraction of sp³-hybridized carbons (Fsp3) is 0.400. The van der Waals surface area contributed by atoms with Crippen LogP contribution in [0.2, 0.25) is 0 Å². The van der Waals surface area contributed by atoms with Gasteiger partial charge in [-0.1, -0.05) is 6.92 Å². The molecule has 7 N–H and O–H groups in total. The van der Waals surface area contributed by atoms with Crippen molar-refractivity contribution < 1.29 is 15.7 Å². The van der Waals surface area contributed by atoms with E-state index in [0.717, 1.165) is 43.6 Å². The lowest BCUT2D eigenvalue weighted by Crippen LogP contribution is -2.29. The SMILES string of the molecule is CCN1CCCCC(=O)c2cc(C(=N)c3cc(O[C@H](C)C(/C(C)=C\N)=C(\C)N)ccc3N)ccc2OCC1.[HH]. The van der Waals surface area contributed by atoms with Gasteiger partial charge in [0.15, 0.2) is 5.78 Å². The highest BCUT2D eigenvalue weighted by atomic mass is 16.5. The molecular formula is C30H43N5O3. The number of ether oxygens (including phenoxy) is 2. The van der Waals surface area contributed by atoms with Crippen LogP contribution in [0.25, 0.3) is 0 Å². The zero-order valence-corrected chi connectivity index (χ0v) is 23.0. The van der Waals surface area contributed by atoms with E-state index >= 15 is 0 Å². The number of rotatable bonds is 7. The van der Waals surface area contributed by atoms with Crippen molar-refractivity contribution in [2.24, 2.45) is 11.5 Å². The number of nitrogen functional groups attached to an aromatic ring is 1. The molecule has 0 saturated heterocycles. The van der Waals surface area contributed by atoms with Gasteiger partial charge in [0.05, 0.1) is 11.3 Å². The van der Waals surface area contributed by atoms with E-state index in [4.69, 9.17) is 32.1 Å². The Balaban J connectivity index is 0.00000533. The van der Waals surface area contributed by atoms with Crippen LogP contribution in [0, 0.1) is 5.41 Å². The van der Waals surface area contributed by atoms with Crippen LogP contribution in [0.4, 0.5) is 5.69 Å². The summed E-state index contributed by atoms with van der Waals surface area (Å²) in [5.74, 6) is 1.13. The number of nitrogens with zero attached hydrogens (tertiary/aromatic N) is 1. The third-order valence-corrected chi connectivity index (χ3v) is 6.92. The van der Waals surface area contributed by atoms with Gasteiger partial charge in [-0.3, -0.25) is 10.2 Å². The number of fused-ring (bicyclic) bond motifs is 1. The van der Waals surface area contributed by atoms with E-state index in [2.05, 4.69) is 11.8 Å². The second-order valence-corrected chi connectivity index (χ2v) is 9.70. The maximum atomic E-state index is 13.1. The minimum atomic E-state index is -0.364. The average Bonchev–Trinajstić information content (AvgIpc) is 2.93. The molecule has 0 bridgehead atoms. The lowest BCUT2D eigenvalue weighted by molar-refractivity contribution is 0.0976. The number of carbonyl (C=O) groups is 1. The summed E-state index contributed by atoms with van der Waals surface area (Å²) in [6.45, 7) is 11.0. The van der Waals surface area contributed by atoms with Gasteiger partial charge in [0, 0.05) is 42.5 Å². The lowest BCUT2D eigenvalue weighted by Gasteiger charge is -2.21. The van der Waals surface area contributed by atoms with Crippen LogP contribution in [0.3, 0.4) is 0 Å². The first-order chi connectivity index (χ1) is 18.2. The van der Waals surface area contributed by atoms with E-state index in [1.54, 1.807) is 36.4 Å². The summed E-state index contributed by atoms with van der Waals surface area (Å²) >= 11 is 0. The molecule has 2 aromatic rings. The summed E-state index contributed by atoms with van der Waals surface area (Å²) in [4.78, 5) is 15.4. The minimum absolute atomic E-state index is 0. The van der Waals surface area contributed by atoms with E-state index in [-0.39, 0.29) is 19.0 Å². The van der Waals surface area contributed by atoms with Crippen LogP contribution in [0.1, 0.15) is 69.9 Å². The highest BCUT2D eigenvalue weighted by Crippen LogP contribution is 2.29. The quantitative estimate of drug-likeness (QED) is 0.232. The van der Waals surface area contributed by atoms with Gasteiger partial charge in [-0.15, -0.1) is 0 Å². The number of hydrogen-bond donors (Lipinski definition) is 4. The monoisotopic (exact) mass is 521 g/mol. The number of Topliss-reactive ketones (excluding diaryl/α,β-unsaturated/α-hetero) is 1. The molecule has 0 aromatic heterocycles.